The monoisotopic (exact) mass is 342 g/mol. The van der Waals surface area contributed by atoms with E-state index in [9.17, 15) is 9.59 Å². The van der Waals surface area contributed by atoms with Gasteiger partial charge in [-0.1, -0.05) is 39.0 Å². The van der Waals surface area contributed by atoms with Crippen LogP contribution in [0.15, 0.2) is 18.2 Å². The lowest BCUT2D eigenvalue weighted by molar-refractivity contribution is -0.139. The molecule has 0 spiro atoms. The fourth-order valence-electron chi connectivity index (χ4n) is 3.87. The largest absolute Gasteiger partial charge is 0.341 e. The number of rotatable bonds is 2. The van der Waals surface area contributed by atoms with Crippen molar-refractivity contribution in [3.63, 3.8) is 0 Å². The van der Waals surface area contributed by atoms with Crippen LogP contribution in [0.25, 0.3) is 0 Å². The van der Waals surface area contributed by atoms with E-state index in [0.29, 0.717) is 19.5 Å². The Bertz CT molecular complexity index is 660. The Morgan fingerprint density at radius 2 is 1.60 bits per heavy atom. The maximum absolute atomic E-state index is 12.7. The molecule has 1 aromatic carbocycles. The quantitative estimate of drug-likeness (QED) is 0.829. The van der Waals surface area contributed by atoms with Crippen molar-refractivity contribution in [1.82, 2.24) is 9.80 Å². The van der Waals surface area contributed by atoms with Crippen LogP contribution in [0.2, 0.25) is 0 Å². The van der Waals surface area contributed by atoms with Gasteiger partial charge in [0.1, 0.15) is 0 Å². The third-order valence-electron chi connectivity index (χ3n) is 5.30. The molecule has 1 saturated heterocycles. The van der Waals surface area contributed by atoms with Crippen molar-refractivity contribution in [2.75, 3.05) is 26.2 Å². The van der Waals surface area contributed by atoms with E-state index in [1.807, 2.05) is 30.6 Å². The molecular formula is C21H30N2O2. The summed E-state index contributed by atoms with van der Waals surface area (Å²) in [5.74, 6) is 0.364. The number of fused-ring (bicyclic) bond motifs is 1. The van der Waals surface area contributed by atoms with Gasteiger partial charge in [0.15, 0.2) is 0 Å². The number of aryl methyl sites for hydroxylation is 2. The van der Waals surface area contributed by atoms with Crippen LogP contribution in [0.1, 0.15) is 50.3 Å². The highest BCUT2D eigenvalue weighted by Gasteiger charge is 2.29. The molecule has 2 amide bonds. The van der Waals surface area contributed by atoms with Gasteiger partial charge in [0.25, 0.3) is 0 Å². The molecule has 4 heteroatoms. The molecule has 2 aliphatic rings. The topological polar surface area (TPSA) is 40.6 Å². The molecule has 0 saturated carbocycles. The zero-order valence-electron chi connectivity index (χ0n) is 15.8. The minimum Gasteiger partial charge on any atom is -0.341 e. The summed E-state index contributed by atoms with van der Waals surface area (Å²) in [5, 5.41) is 0. The van der Waals surface area contributed by atoms with Crippen molar-refractivity contribution in [2.45, 2.75) is 52.9 Å². The van der Waals surface area contributed by atoms with Crippen molar-refractivity contribution < 1.29 is 9.59 Å². The van der Waals surface area contributed by atoms with Gasteiger partial charge in [-0.25, -0.2) is 0 Å². The second kappa shape index (κ2) is 7.19. The van der Waals surface area contributed by atoms with Gasteiger partial charge in [0.2, 0.25) is 11.8 Å². The Hall–Kier alpha value is -1.84. The summed E-state index contributed by atoms with van der Waals surface area (Å²) >= 11 is 0. The van der Waals surface area contributed by atoms with Crippen molar-refractivity contribution in [3.8, 4) is 0 Å². The molecular weight excluding hydrogens is 312 g/mol. The summed E-state index contributed by atoms with van der Waals surface area (Å²) in [4.78, 5) is 29.0. The van der Waals surface area contributed by atoms with E-state index in [1.54, 1.807) is 0 Å². The summed E-state index contributed by atoms with van der Waals surface area (Å²) in [5.41, 5.74) is 3.63. The Kier molecular flexibility index (Phi) is 5.16. The highest BCUT2D eigenvalue weighted by Crippen LogP contribution is 2.23. The number of carbonyl (C=O) groups is 2. The van der Waals surface area contributed by atoms with Crippen LogP contribution in [0.4, 0.5) is 0 Å². The van der Waals surface area contributed by atoms with Crippen LogP contribution < -0.4 is 0 Å². The summed E-state index contributed by atoms with van der Waals surface area (Å²) in [6, 6.07) is 6.51. The summed E-state index contributed by atoms with van der Waals surface area (Å²) in [6.45, 7) is 8.65. The third-order valence-corrected chi connectivity index (χ3v) is 5.30. The molecule has 0 unspecified atom stereocenters. The lowest BCUT2D eigenvalue weighted by Gasteiger charge is -2.28. The van der Waals surface area contributed by atoms with Crippen LogP contribution in [-0.2, 0) is 28.9 Å². The van der Waals surface area contributed by atoms with E-state index in [1.165, 1.54) is 24.0 Å². The number of amides is 2. The third kappa shape index (κ3) is 4.23. The second-order valence-electron chi connectivity index (χ2n) is 8.41. The molecule has 1 aliphatic heterocycles. The van der Waals surface area contributed by atoms with Gasteiger partial charge in [0, 0.05) is 31.6 Å². The van der Waals surface area contributed by atoms with Crippen LogP contribution in [0.3, 0.4) is 0 Å². The predicted molar refractivity (Wildman–Crippen MR) is 99.4 cm³/mol. The van der Waals surface area contributed by atoms with Crippen molar-refractivity contribution in [2.24, 2.45) is 5.41 Å². The maximum Gasteiger partial charge on any atom is 0.228 e. The van der Waals surface area contributed by atoms with Crippen LogP contribution in [-0.4, -0.2) is 47.8 Å². The van der Waals surface area contributed by atoms with E-state index in [4.69, 9.17) is 0 Å². The minimum absolute atomic E-state index is 0.181. The number of carbonyl (C=O) groups excluding carboxylic acids is 2. The first-order valence-electron chi connectivity index (χ1n) is 9.52. The van der Waals surface area contributed by atoms with E-state index < -0.39 is 0 Å². The Morgan fingerprint density at radius 3 is 2.36 bits per heavy atom. The highest BCUT2D eigenvalue weighted by molar-refractivity contribution is 5.82. The molecule has 1 fully saturated rings. The average molecular weight is 342 g/mol. The molecule has 1 heterocycles. The molecule has 0 bridgehead atoms. The Balaban J connectivity index is 1.59. The number of nitrogens with zero attached hydrogens (tertiary/aromatic N) is 2. The van der Waals surface area contributed by atoms with Gasteiger partial charge in [0.05, 0.1) is 6.42 Å². The van der Waals surface area contributed by atoms with Crippen LogP contribution >= 0.6 is 0 Å². The first-order chi connectivity index (χ1) is 11.8. The molecule has 25 heavy (non-hydrogen) atoms. The van der Waals surface area contributed by atoms with Crippen molar-refractivity contribution in [3.05, 3.63) is 34.9 Å². The average Bonchev–Trinajstić information content (AvgIpc) is 2.87. The fourth-order valence-corrected chi connectivity index (χ4v) is 3.87. The molecule has 1 aliphatic carbocycles. The normalized spacial score (nSPS) is 18.0. The molecule has 0 aromatic heterocycles. The zero-order valence-corrected chi connectivity index (χ0v) is 15.8. The molecule has 1 aromatic rings. The van der Waals surface area contributed by atoms with Crippen molar-refractivity contribution in [1.29, 1.82) is 0 Å². The Morgan fingerprint density at radius 1 is 0.920 bits per heavy atom. The number of benzene rings is 1. The zero-order chi connectivity index (χ0) is 18.0. The summed E-state index contributed by atoms with van der Waals surface area (Å²) in [7, 11) is 0. The maximum atomic E-state index is 12.7. The fraction of sp³-hybridized carbons (Fsp3) is 0.619. The second-order valence-corrected chi connectivity index (χ2v) is 8.41. The smallest absolute Gasteiger partial charge is 0.228 e. The standard InChI is InChI=1S/C21H30N2O2/c1-21(2,3)20(25)23-11-5-10-22(12-13-23)19(24)15-16-8-9-17-6-4-7-18(17)14-16/h8-9,14H,4-7,10-13,15H2,1-3H3. The SMILES string of the molecule is CC(C)(C)C(=O)N1CCCN(C(=O)Cc2ccc3c(c2)CCC3)CC1. The van der Waals surface area contributed by atoms with Gasteiger partial charge >= 0.3 is 0 Å². The first kappa shape index (κ1) is 18.0. The van der Waals surface area contributed by atoms with Gasteiger partial charge in [-0.05, 0) is 42.4 Å². The molecule has 136 valence electrons. The van der Waals surface area contributed by atoms with Crippen LogP contribution in [0, 0.1) is 5.41 Å². The first-order valence-corrected chi connectivity index (χ1v) is 9.52. The van der Waals surface area contributed by atoms with Crippen molar-refractivity contribution >= 4 is 11.8 Å². The van der Waals surface area contributed by atoms with E-state index in [-0.39, 0.29) is 17.2 Å². The molecule has 3 rings (SSSR count). The van der Waals surface area contributed by atoms with Gasteiger partial charge in [-0.2, -0.15) is 0 Å². The van der Waals surface area contributed by atoms with E-state index in [2.05, 4.69) is 18.2 Å². The predicted octanol–water partition coefficient (Wildman–Crippen LogP) is 2.82. The minimum atomic E-state index is -0.358. The number of hydrogen-bond acceptors (Lipinski definition) is 2. The van der Waals surface area contributed by atoms with Crippen LogP contribution in [0.5, 0.6) is 0 Å². The highest BCUT2D eigenvalue weighted by atomic mass is 16.2. The lowest BCUT2D eigenvalue weighted by atomic mass is 9.94. The van der Waals surface area contributed by atoms with Gasteiger partial charge in [-0.15, -0.1) is 0 Å². The van der Waals surface area contributed by atoms with Gasteiger partial charge in [-0.3, -0.25) is 9.59 Å². The summed E-state index contributed by atoms with van der Waals surface area (Å²) < 4.78 is 0. The molecule has 0 atom stereocenters. The lowest BCUT2D eigenvalue weighted by Crippen LogP contribution is -2.42. The Labute approximate surface area is 151 Å². The number of hydrogen-bond donors (Lipinski definition) is 0. The molecule has 0 radical (unpaired) electrons. The van der Waals surface area contributed by atoms with E-state index >= 15 is 0 Å². The van der Waals surface area contributed by atoms with Gasteiger partial charge < -0.3 is 9.80 Å². The molecule has 4 nitrogen and oxygen atoms in total. The van der Waals surface area contributed by atoms with E-state index in [0.717, 1.165) is 31.5 Å². The molecule has 0 N–H and O–H groups in total. The summed E-state index contributed by atoms with van der Waals surface area (Å²) in [6.07, 6.45) is 4.88.